The predicted molar refractivity (Wildman–Crippen MR) is 86.7 cm³/mol. The first-order chi connectivity index (χ1) is 11.7. The summed E-state index contributed by atoms with van der Waals surface area (Å²) >= 11 is 0. The molecule has 1 aromatic carbocycles. The highest BCUT2D eigenvalue weighted by Crippen LogP contribution is 2.29. The second kappa shape index (κ2) is 5.84. The van der Waals surface area contributed by atoms with Crippen LogP contribution in [0.5, 0.6) is 0 Å². The van der Waals surface area contributed by atoms with E-state index in [0.717, 1.165) is 11.4 Å². The second-order valence-electron chi connectivity index (χ2n) is 5.80. The van der Waals surface area contributed by atoms with Crippen molar-refractivity contribution in [3.05, 3.63) is 60.3 Å². The maximum absolute atomic E-state index is 12.8. The molecule has 3 aromatic rings. The van der Waals surface area contributed by atoms with Gasteiger partial charge in [-0.15, -0.1) is 10.2 Å². The van der Waals surface area contributed by atoms with Crippen LogP contribution in [0.15, 0.2) is 48.9 Å². The van der Waals surface area contributed by atoms with Crippen molar-refractivity contribution in [3.8, 4) is 11.5 Å². The van der Waals surface area contributed by atoms with Crippen LogP contribution in [0.3, 0.4) is 0 Å². The lowest BCUT2D eigenvalue weighted by molar-refractivity contribution is -0.135. The van der Waals surface area contributed by atoms with Crippen molar-refractivity contribution in [1.29, 1.82) is 0 Å². The zero-order valence-electron chi connectivity index (χ0n) is 13.2. The summed E-state index contributed by atoms with van der Waals surface area (Å²) < 4.78 is 1.90. The second-order valence-corrected chi connectivity index (χ2v) is 5.80. The summed E-state index contributed by atoms with van der Waals surface area (Å²) in [6.45, 7) is 0.442. The number of carbonyl (C=O) groups is 1. The van der Waals surface area contributed by atoms with E-state index in [1.165, 1.54) is 0 Å². The lowest BCUT2D eigenvalue weighted by Crippen LogP contribution is -2.41. The van der Waals surface area contributed by atoms with Crippen LogP contribution in [0.1, 0.15) is 17.4 Å². The van der Waals surface area contributed by atoms with Gasteiger partial charge in [0.15, 0.2) is 11.6 Å². The van der Waals surface area contributed by atoms with Crippen molar-refractivity contribution < 1.29 is 4.79 Å². The van der Waals surface area contributed by atoms with Crippen LogP contribution in [0, 0.1) is 0 Å². The molecule has 24 heavy (non-hydrogen) atoms. The molecule has 0 spiro atoms. The third kappa shape index (κ3) is 2.44. The van der Waals surface area contributed by atoms with Crippen LogP contribution in [0.2, 0.25) is 0 Å². The summed E-state index contributed by atoms with van der Waals surface area (Å²) in [4.78, 5) is 22.9. The molecular formula is C17H16N6O. The Kier molecular flexibility index (Phi) is 3.53. The Bertz CT molecular complexity index is 861. The van der Waals surface area contributed by atoms with E-state index in [-0.39, 0.29) is 11.9 Å². The highest BCUT2D eigenvalue weighted by Gasteiger charge is 2.35. The van der Waals surface area contributed by atoms with Gasteiger partial charge in [-0.3, -0.25) is 14.3 Å². The van der Waals surface area contributed by atoms with E-state index in [2.05, 4.69) is 20.2 Å². The Balaban J connectivity index is 1.80. The van der Waals surface area contributed by atoms with Gasteiger partial charge in [0.05, 0.1) is 12.7 Å². The van der Waals surface area contributed by atoms with E-state index in [1.54, 1.807) is 30.5 Å². The van der Waals surface area contributed by atoms with Crippen molar-refractivity contribution in [2.45, 2.75) is 19.0 Å². The molecule has 4 rings (SSSR count). The fourth-order valence-electron chi connectivity index (χ4n) is 3.02. The number of hydrogen-bond acceptors (Lipinski definition) is 5. The summed E-state index contributed by atoms with van der Waals surface area (Å²) in [5, 5.41) is 8.52. The van der Waals surface area contributed by atoms with Crippen molar-refractivity contribution in [3.63, 3.8) is 0 Å². The quantitative estimate of drug-likeness (QED) is 0.731. The molecule has 0 fully saturated rings. The smallest absolute Gasteiger partial charge is 0.246 e. The summed E-state index contributed by atoms with van der Waals surface area (Å²) in [5.74, 6) is 1.40. The Morgan fingerprint density at radius 1 is 1.17 bits per heavy atom. The maximum atomic E-state index is 12.8. The first-order valence-electron chi connectivity index (χ1n) is 7.73. The zero-order chi connectivity index (χ0) is 16.5. The Hall–Kier alpha value is -3.09. The number of nitrogens with zero attached hydrogens (tertiary/aromatic N) is 6. The van der Waals surface area contributed by atoms with Gasteiger partial charge in [-0.25, -0.2) is 4.98 Å². The highest BCUT2D eigenvalue weighted by atomic mass is 16.2. The Morgan fingerprint density at radius 2 is 2.00 bits per heavy atom. The molecule has 3 heterocycles. The predicted octanol–water partition coefficient (Wildman–Crippen LogP) is 1.49. The molecule has 7 heteroatoms. The summed E-state index contributed by atoms with van der Waals surface area (Å²) in [7, 11) is 1.79. The molecule has 1 aliphatic rings. The minimum absolute atomic E-state index is 0.0521. The molecule has 1 aliphatic heterocycles. The number of likely N-dealkylation sites (N-methyl/N-ethyl adjacent to an activating group) is 1. The van der Waals surface area contributed by atoms with Gasteiger partial charge < -0.3 is 4.90 Å². The van der Waals surface area contributed by atoms with Crippen molar-refractivity contribution in [2.75, 3.05) is 7.05 Å². The highest BCUT2D eigenvalue weighted by molar-refractivity contribution is 5.82. The molecule has 7 nitrogen and oxygen atoms in total. The van der Waals surface area contributed by atoms with Gasteiger partial charge in [0.25, 0.3) is 0 Å². The number of hydrogen-bond donors (Lipinski definition) is 0. The van der Waals surface area contributed by atoms with Crippen molar-refractivity contribution >= 4 is 5.91 Å². The van der Waals surface area contributed by atoms with Crippen LogP contribution in [0.25, 0.3) is 11.5 Å². The third-order valence-corrected chi connectivity index (χ3v) is 4.18. The van der Waals surface area contributed by atoms with Crippen molar-refractivity contribution in [2.24, 2.45) is 0 Å². The summed E-state index contributed by atoms with van der Waals surface area (Å²) in [6.07, 6.45) is 5.44. The average molecular weight is 320 g/mol. The van der Waals surface area contributed by atoms with E-state index in [9.17, 15) is 4.79 Å². The van der Waals surface area contributed by atoms with Crippen LogP contribution >= 0.6 is 0 Å². The minimum Gasteiger partial charge on any atom is -0.336 e. The molecule has 0 bridgehead atoms. The van der Waals surface area contributed by atoms with E-state index < -0.39 is 0 Å². The topological polar surface area (TPSA) is 76.8 Å². The number of amides is 1. The van der Waals surface area contributed by atoms with Gasteiger partial charge in [-0.1, -0.05) is 30.3 Å². The lowest BCUT2D eigenvalue weighted by Gasteiger charge is -2.31. The number of fused-ring (bicyclic) bond motifs is 1. The first-order valence-corrected chi connectivity index (χ1v) is 7.73. The van der Waals surface area contributed by atoms with Gasteiger partial charge in [0, 0.05) is 25.9 Å². The fourth-order valence-corrected chi connectivity index (χ4v) is 3.02. The van der Waals surface area contributed by atoms with Crippen molar-refractivity contribution in [1.82, 2.24) is 29.6 Å². The van der Waals surface area contributed by atoms with Crippen LogP contribution in [0.4, 0.5) is 0 Å². The molecule has 0 N–H and O–H groups in total. The number of aromatic nitrogens is 5. The van der Waals surface area contributed by atoms with E-state index >= 15 is 0 Å². The normalized spacial score (nSPS) is 17.0. The monoisotopic (exact) mass is 320 g/mol. The van der Waals surface area contributed by atoms with Gasteiger partial charge in [-0.05, 0) is 5.56 Å². The molecule has 0 saturated carbocycles. The molecule has 0 unspecified atom stereocenters. The molecule has 0 aliphatic carbocycles. The average Bonchev–Trinajstić information content (AvgIpc) is 3.04. The van der Waals surface area contributed by atoms with Gasteiger partial charge in [-0.2, -0.15) is 0 Å². The lowest BCUT2D eigenvalue weighted by atomic mass is 10.0. The number of carbonyl (C=O) groups excluding carboxylic acids is 1. The van der Waals surface area contributed by atoms with Gasteiger partial charge >= 0.3 is 0 Å². The Labute approximate surface area is 139 Å². The van der Waals surface area contributed by atoms with E-state index in [4.69, 9.17) is 0 Å². The van der Waals surface area contributed by atoms with Gasteiger partial charge in [0.1, 0.15) is 11.7 Å². The van der Waals surface area contributed by atoms with Crippen LogP contribution in [-0.2, 0) is 17.8 Å². The standard InChI is InChI=1S/C17H16N6O/c1-22-11-15-20-21-16(13-10-18-7-8-19-13)23(15)14(17(22)24)9-12-5-3-2-4-6-12/h2-8,10,14H,9,11H2,1H3/t14-/m0/s1. The van der Waals surface area contributed by atoms with Crippen LogP contribution in [-0.4, -0.2) is 42.6 Å². The minimum atomic E-state index is -0.381. The third-order valence-electron chi connectivity index (χ3n) is 4.18. The fraction of sp³-hybridized carbons (Fsp3) is 0.235. The summed E-state index contributed by atoms with van der Waals surface area (Å²) in [6, 6.07) is 9.58. The molecule has 1 atom stereocenters. The van der Waals surface area contributed by atoms with Gasteiger partial charge in [0.2, 0.25) is 5.91 Å². The SMILES string of the molecule is CN1Cc2nnc(-c3cnccn3)n2[C@@H](Cc2ccccc2)C1=O. The van der Waals surface area contributed by atoms with E-state index in [0.29, 0.717) is 24.5 Å². The zero-order valence-corrected chi connectivity index (χ0v) is 13.2. The Morgan fingerprint density at radius 3 is 2.75 bits per heavy atom. The molecule has 2 aromatic heterocycles. The number of benzene rings is 1. The number of rotatable bonds is 3. The molecule has 1 amide bonds. The maximum Gasteiger partial charge on any atom is 0.246 e. The largest absolute Gasteiger partial charge is 0.336 e. The molecular weight excluding hydrogens is 304 g/mol. The molecule has 0 saturated heterocycles. The van der Waals surface area contributed by atoms with E-state index in [1.807, 2.05) is 34.9 Å². The first kappa shape index (κ1) is 14.5. The molecule has 0 radical (unpaired) electrons. The molecule has 120 valence electrons. The summed E-state index contributed by atoms with van der Waals surface area (Å²) in [5.41, 5.74) is 1.71. The van der Waals surface area contributed by atoms with Crippen LogP contribution < -0.4 is 0 Å².